The summed E-state index contributed by atoms with van der Waals surface area (Å²) in [5.41, 5.74) is 3.01. The number of benzene rings is 2. The quantitative estimate of drug-likeness (QED) is 0.512. The maximum atomic E-state index is 13.2. The van der Waals surface area contributed by atoms with Crippen LogP contribution in [0.15, 0.2) is 79.1 Å². The first-order chi connectivity index (χ1) is 15.7. The normalized spacial score (nSPS) is 15.7. The van der Waals surface area contributed by atoms with E-state index >= 15 is 0 Å². The summed E-state index contributed by atoms with van der Waals surface area (Å²) in [6, 6.07) is 20.2. The van der Waals surface area contributed by atoms with E-state index in [9.17, 15) is 4.79 Å². The summed E-state index contributed by atoms with van der Waals surface area (Å²) in [6.45, 7) is 6.87. The van der Waals surface area contributed by atoms with Gasteiger partial charge < -0.3 is 9.64 Å². The number of morpholine rings is 1. The predicted molar refractivity (Wildman–Crippen MR) is 126 cm³/mol. The van der Waals surface area contributed by atoms with Gasteiger partial charge in [0.1, 0.15) is 0 Å². The lowest BCUT2D eigenvalue weighted by Gasteiger charge is -2.34. The minimum atomic E-state index is 0.00192. The lowest BCUT2D eigenvalue weighted by molar-refractivity contribution is -0.129. The Bertz CT molecular complexity index is 1010. The van der Waals surface area contributed by atoms with Gasteiger partial charge in [-0.3, -0.25) is 9.69 Å². The number of hydrogen-bond donors (Lipinski definition) is 0. The Hall–Kier alpha value is -3.22. The molecule has 1 fully saturated rings. The monoisotopic (exact) mass is 430 g/mol. The highest BCUT2D eigenvalue weighted by Crippen LogP contribution is 2.14. The Morgan fingerprint density at radius 1 is 1.09 bits per heavy atom. The lowest BCUT2D eigenvalue weighted by atomic mass is 10.1. The van der Waals surface area contributed by atoms with Crippen LogP contribution < -0.4 is 0 Å². The molecule has 0 spiro atoms. The Labute approximate surface area is 189 Å². The number of nitrogens with zero attached hydrogens (tertiary/aromatic N) is 4. The number of rotatable bonds is 8. The van der Waals surface area contributed by atoms with E-state index in [0.717, 1.165) is 49.7 Å². The fraction of sp³-hybridized carbons (Fsp3) is 0.308. The van der Waals surface area contributed by atoms with Gasteiger partial charge in [0, 0.05) is 50.1 Å². The van der Waals surface area contributed by atoms with Crippen LogP contribution in [0.5, 0.6) is 0 Å². The van der Waals surface area contributed by atoms with Gasteiger partial charge in [-0.05, 0) is 30.7 Å². The van der Waals surface area contributed by atoms with Crippen LogP contribution in [0, 0.1) is 0 Å². The van der Waals surface area contributed by atoms with E-state index < -0.39 is 0 Å². The SMILES string of the molecule is CC(CN1CCOCC1)N(Cc1ccccc1)C(=O)/C=C/c1cnn(-c2ccccc2)c1. The molecule has 1 aliphatic heterocycles. The van der Waals surface area contributed by atoms with Crippen molar-refractivity contribution in [3.63, 3.8) is 0 Å². The van der Waals surface area contributed by atoms with E-state index in [2.05, 4.69) is 29.1 Å². The first-order valence-electron chi connectivity index (χ1n) is 11.1. The number of amides is 1. The zero-order valence-electron chi connectivity index (χ0n) is 18.5. The summed E-state index contributed by atoms with van der Waals surface area (Å²) in [6.07, 6.45) is 7.20. The standard InChI is InChI=1S/C26H30N4O2/c1-22(19-28-14-16-32-17-15-28)29(20-23-8-4-2-5-9-23)26(31)13-12-24-18-27-30(21-24)25-10-6-3-7-11-25/h2-13,18,21-22H,14-17,19-20H2,1H3/b13-12+. The van der Waals surface area contributed by atoms with E-state index in [4.69, 9.17) is 4.74 Å². The smallest absolute Gasteiger partial charge is 0.247 e. The van der Waals surface area contributed by atoms with E-state index in [-0.39, 0.29) is 11.9 Å². The second kappa shape index (κ2) is 10.9. The molecular weight excluding hydrogens is 400 g/mol. The van der Waals surface area contributed by atoms with Crippen molar-refractivity contribution in [2.24, 2.45) is 0 Å². The molecule has 1 aromatic heterocycles. The van der Waals surface area contributed by atoms with E-state index in [1.165, 1.54) is 0 Å². The molecule has 1 unspecified atom stereocenters. The number of carbonyl (C=O) groups excluding carboxylic acids is 1. The van der Waals surface area contributed by atoms with Crippen molar-refractivity contribution in [1.82, 2.24) is 19.6 Å². The van der Waals surface area contributed by atoms with E-state index in [0.29, 0.717) is 6.54 Å². The van der Waals surface area contributed by atoms with Gasteiger partial charge in [0.2, 0.25) is 5.91 Å². The van der Waals surface area contributed by atoms with Gasteiger partial charge in [-0.25, -0.2) is 4.68 Å². The largest absolute Gasteiger partial charge is 0.379 e. The van der Waals surface area contributed by atoms with Crippen molar-refractivity contribution < 1.29 is 9.53 Å². The average Bonchev–Trinajstić information content (AvgIpc) is 3.32. The summed E-state index contributed by atoms with van der Waals surface area (Å²) >= 11 is 0. The summed E-state index contributed by atoms with van der Waals surface area (Å²) in [5.74, 6) is 0.00192. The predicted octanol–water partition coefficient (Wildman–Crippen LogP) is 3.64. The van der Waals surface area contributed by atoms with Crippen LogP contribution in [0.2, 0.25) is 0 Å². The summed E-state index contributed by atoms with van der Waals surface area (Å²) in [4.78, 5) is 17.6. The van der Waals surface area contributed by atoms with Gasteiger partial charge in [-0.1, -0.05) is 48.5 Å². The fourth-order valence-electron chi connectivity index (χ4n) is 3.90. The molecule has 2 aromatic carbocycles. The first kappa shape index (κ1) is 22.0. The van der Waals surface area contributed by atoms with Crippen LogP contribution in [0.4, 0.5) is 0 Å². The molecule has 6 nitrogen and oxygen atoms in total. The second-order valence-electron chi connectivity index (χ2n) is 8.10. The molecule has 32 heavy (non-hydrogen) atoms. The van der Waals surface area contributed by atoms with Crippen molar-refractivity contribution in [3.05, 3.63) is 90.3 Å². The van der Waals surface area contributed by atoms with E-state index in [1.54, 1.807) is 12.3 Å². The van der Waals surface area contributed by atoms with Crippen LogP contribution in [0.3, 0.4) is 0 Å². The second-order valence-corrected chi connectivity index (χ2v) is 8.10. The number of carbonyl (C=O) groups is 1. The molecule has 166 valence electrons. The van der Waals surface area contributed by atoms with Crippen molar-refractivity contribution in [2.45, 2.75) is 19.5 Å². The molecule has 1 saturated heterocycles. The van der Waals surface area contributed by atoms with Crippen molar-refractivity contribution in [1.29, 1.82) is 0 Å². The Morgan fingerprint density at radius 3 is 2.50 bits per heavy atom. The molecule has 1 amide bonds. The fourth-order valence-corrected chi connectivity index (χ4v) is 3.90. The maximum absolute atomic E-state index is 13.2. The van der Waals surface area contributed by atoms with Crippen LogP contribution in [-0.2, 0) is 16.1 Å². The molecule has 0 bridgehead atoms. The van der Waals surface area contributed by atoms with Crippen LogP contribution in [-0.4, -0.2) is 64.4 Å². The van der Waals surface area contributed by atoms with Gasteiger partial charge in [-0.2, -0.15) is 5.10 Å². The van der Waals surface area contributed by atoms with Crippen LogP contribution >= 0.6 is 0 Å². The number of hydrogen-bond acceptors (Lipinski definition) is 4. The Kier molecular flexibility index (Phi) is 7.48. The molecule has 1 atom stereocenters. The third kappa shape index (κ3) is 5.93. The molecule has 3 aromatic rings. The van der Waals surface area contributed by atoms with Gasteiger partial charge >= 0.3 is 0 Å². The van der Waals surface area contributed by atoms with Crippen molar-refractivity contribution >= 4 is 12.0 Å². The Balaban J connectivity index is 1.47. The van der Waals surface area contributed by atoms with Crippen molar-refractivity contribution in [2.75, 3.05) is 32.8 Å². The van der Waals surface area contributed by atoms with Gasteiger partial charge in [-0.15, -0.1) is 0 Å². The molecule has 0 aliphatic carbocycles. The summed E-state index contributed by atoms with van der Waals surface area (Å²) in [5, 5.41) is 4.41. The molecule has 4 rings (SSSR count). The molecule has 2 heterocycles. The third-order valence-corrected chi connectivity index (χ3v) is 5.68. The topological polar surface area (TPSA) is 50.6 Å². The average molecular weight is 431 g/mol. The highest BCUT2D eigenvalue weighted by atomic mass is 16.5. The lowest BCUT2D eigenvalue weighted by Crippen LogP contribution is -2.47. The maximum Gasteiger partial charge on any atom is 0.247 e. The summed E-state index contributed by atoms with van der Waals surface area (Å²) in [7, 11) is 0. The highest BCUT2D eigenvalue weighted by Gasteiger charge is 2.22. The summed E-state index contributed by atoms with van der Waals surface area (Å²) < 4.78 is 7.28. The van der Waals surface area contributed by atoms with Crippen molar-refractivity contribution in [3.8, 4) is 5.69 Å². The minimum Gasteiger partial charge on any atom is -0.379 e. The third-order valence-electron chi connectivity index (χ3n) is 5.68. The zero-order valence-corrected chi connectivity index (χ0v) is 18.5. The van der Waals surface area contributed by atoms with Gasteiger partial charge in [0.15, 0.2) is 0 Å². The zero-order chi connectivity index (χ0) is 22.2. The first-order valence-corrected chi connectivity index (χ1v) is 11.1. The van der Waals surface area contributed by atoms with Gasteiger partial charge in [0.25, 0.3) is 0 Å². The molecule has 6 heteroatoms. The minimum absolute atomic E-state index is 0.00192. The molecule has 0 N–H and O–H groups in total. The molecule has 0 saturated carbocycles. The van der Waals surface area contributed by atoms with Crippen LogP contribution in [0.25, 0.3) is 11.8 Å². The van der Waals surface area contributed by atoms with E-state index in [1.807, 2.05) is 70.4 Å². The molecule has 0 radical (unpaired) electrons. The number of para-hydroxylation sites is 1. The number of aromatic nitrogens is 2. The van der Waals surface area contributed by atoms with Crippen LogP contribution in [0.1, 0.15) is 18.1 Å². The highest BCUT2D eigenvalue weighted by molar-refractivity contribution is 5.92. The molecular formula is C26H30N4O2. The van der Waals surface area contributed by atoms with Gasteiger partial charge in [0.05, 0.1) is 25.1 Å². The number of ether oxygens (including phenoxy) is 1. The molecule has 1 aliphatic rings. The Morgan fingerprint density at radius 2 is 1.78 bits per heavy atom.